The van der Waals surface area contributed by atoms with Crippen LogP contribution in [-0.4, -0.2) is 71.6 Å². The number of carbonyl (C=O) groups is 1. The minimum Gasteiger partial charge on any atom is -0.450 e. The van der Waals surface area contributed by atoms with Gasteiger partial charge in [0.2, 0.25) is 0 Å². The van der Waals surface area contributed by atoms with Crippen LogP contribution in [-0.2, 0) is 23.7 Å². The number of ether oxygens (including phenoxy) is 4. The van der Waals surface area contributed by atoms with Gasteiger partial charge in [0.25, 0.3) is 0 Å². The number of fused-ring (bicyclic) bond motifs is 3. The van der Waals surface area contributed by atoms with Gasteiger partial charge in [-0.15, -0.1) is 0 Å². The summed E-state index contributed by atoms with van der Waals surface area (Å²) in [6, 6.07) is 0. The summed E-state index contributed by atoms with van der Waals surface area (Å²) in [5.74, 6) is 5.08. The molecule has 0 aliphatic carbocycles. The molecule has 0 aromatic rings. The summed E-state index contributed by atoms with van der Waals surface area (Å²) < 4.78 is 23.2. The van der Waals surface area contributed by atoms with E-state index in [-0.39, 0.29) is 36.9 Å². The molecule has 202 valence electrons. The Bertz CT molecular complexity index is 970. The molecule has 4 aliphatic heterocycles. The molecule has 0 saturated carbocycles. The van der Waals surface area contributed by atoms with Crippen LogP contribution >= 0.6 is 0 Å². The Kier molecular flexibility index (Phi) is 9.80. The van der Waals surface area contributed by atoms with Crippen molar-refractivity contribution in [2.24, 2.45) is 5.92 Å². The van der Waals surface area contributed by atoms with Crippen molar-refractivity contribution in [1.29, 1.82) is 0 Å². The summed E-state index contributed by atoms with van der Waals surface area (Å²) in [5.41, 5.74) is 2.21. The molecule has 1 fully saturated rings. The summed E-state index contributed by atoms with van der Waals surface area (Å²) in [7, 11) is 0. The molecule has 0 amide bonds. The number of carbonyl (C=O) groups excluding carboxylic acids is 1. The van der Waals surface area contributed by atoms with Crippen molar-refractivity contribution < 1.29 is 34.0 Å². The maximum absolute atomic E-state index is 12.6. The van der Waals surface area contributed by atoms with E-state index in [1.165, 1.54) is 5.57 Å². The molecule has 0 radical (unpaired) electrons. The number of rotatable bonds is 3. The first-order chi connectivity index (χ1) is 17.8. The van der Waals surface area contributed by atoms with E-state index >= 15 is 0 Å². The fourth-order valence-corrected chi connectivity index (χ4v) is 5.34. The standard InChI is InChI=1S/C30H40O7/c1-19-12-13-34-23(15-19)10-11-25(31)27-18-28-30(37-28)26(32)17-21(3)14-20(2)16-24-8-4-6-22(35-24)7-5-9-29(33)36-27/h4,6,10-12,20,22-28,30-32H,3,7-8,13-18H2,1-2H3/b11-10+/t20?,22-,23+,24-,25-,26-,27-,28-,30-/m0/s1. The zero-order valence-corrected chi connectivity index (χ0v) is 21.9. The highest BCUT2D eigenvalue weighted by Crippen LogP contribution is 2.34. The van der Waals surface area contributed by atoms with Crippen LogP contribution in [0.1, 0.15) is 58.8 Å². The number of hydrogen-bond donors (Lipinski definition) is 2. The molecule has 1 unspecified atom stereocenters. The van der Waals surface area contributed by atoms with E-state index in [0.717, 1.165) is 31.3 Å². The monoisotopic (exact) mass is 512 g/mol. The van der Waals surface area contributed by atoms with Crippen LogP contribution in [0.2, 0.25) is 0 Å². The van der Waals surface area contributed by atoms with E-state index < -0.39 is 24.3 Å². The topological polar surface area (TPSA) is 97.8 Å². The minimum absolute atomic E-state index is 0.0882. The van der Waals surface area contributed by atoms with Gasteiger partial charge < -0.3 is 29.2 Å². The molecule has 0 aromatic heterocycles. The lowest BCUT2D eigenvalue weighted by Crippen LogP contribution is -2.32. The van der Waals surface area contributed by atoms with Crippen molar-refractivity contribution >= 4 is 5.97 Å². The van der Waals surface area contributed by atoms with Gasteiger partial charge in [0.15, 0.2) is 0 Å². The number of aliphatic hydroxyl groups excluding tert-OH is 2. The second-order valence-corrected chi connectivity index (χ2v) is 10.9. The summed E-state index contributed by atoms with van der Waals surface area (Å²) >= 11 is 0. The SMILES string of the molecule is C=C1CC(C)C[C@@H]2CC=C[C@@H](CC#CC(=O)O[C@H]([C@@H](O)/C=C/[C@@H]3CC(C)=CCO3)C[C@@H]3O[C@H]3[C@@H](O)C1)O2. The van der Waals surface area contributed by atoms with E-state index in [4.69, 9.17) is 18.9 Å². The molecule has 4 heterocycles. The first-order valence-electron chi connectivity index (χ1n) is 13.4. The van der Waals surface area contributed by atoms with Crippen molar-refractivity contribution in [3.8, 4) is 11.8 Å². The highest BCUT2D eigenvalue weighted by atomic mass is 16.6. The number of hydrogen-bond acceptors (Lipinski definition) is 7. The van der Waals surface area contributed by atoms with E-state index in [2.05, 4.69) is 31.4 Å². The summed E-state index contributed by atoms with van der Waals surface area (Å²) in [4.78, 5) is 12.6. The van der Waals surface area contributed by atoms with Gasteiger partial charge in [0.1, 0.15) is 18.3 Å². The summed E-state index contributed by atoms with van der Waals surface area (Å²) in [6.45, 7) is 8.94. The molecule has 2 bridgehead atoms. The molecular weight excluding hydrogens is 472 g/mol. The van der Waals surface area contributed by atoms with Crippen LogP contribution in [0.4, 0.5) is 0 Å². The fourth-order valence-electron chi connectivity index (χ4n) is 5.34. The fraction of sp³-hybridized carbons (Fsp3) is 0.633. The average Bonchev–Trinajstić information content (AvgIpc) is 3.61. The van der Waals surface area contributed by atoms with Crippen molar-refractivity contribution in [2.75, 3.05) is 6.61 Å². The first-order valence-corrected chi connectivity index (χ1v) is 13.4. The average molecular weight is 513 g/mol. The molecule has 1 saturated heterocycles. The van der Waals surface area contributed by atoms with Gasteiger partial charge in [0.05, 0.1) is 37.1 Å². The first kappa shape index (κ1) is 27.8. The lowest BCUT2D eigenvalue weighted by Gasteiger charge is -2.27. The third kappa shape index (κ3) is 8.66. The minimum atomic E-state index is -1.06. The van der Waals surface area contributed by atoms with E-state index in [1.807, 2.05) is 19.1 Å². The second-order valence-electron chi connectivity index (χ2n) is 10.9. The number of cyclic esters (lactones) is 1. The van der Waals surface area contributed by atoms with Crippen LogP contribution in [0, 0.1) is 17.8 Å². The normalized spacial score (nSPS) is 38.3. The van der Waals surface area contributed by atoms with Crippen molar-refractivity contribution in [3.63, 3.8) is 0 Å². The molecule has 4 aliphatic rings. The van der Waals surface area contributed by atoms with Gasteiger partial charge in [-0.2, -0.15) is 0 Å². The highest BCUT2D eigenvalue weighted by Gasteiger charge is 2.46. The van der Waals surface area contributed by atoms with Gasteiger partial charge in [-0.3, -0.25) is 0 Å². The zero-order valence-electron chi connectivity index (χ0n) is 21.9. The molecule has 2 N–H and O–H groups in total. The number of aliphatic hydroxyl groups is 2. The van der Waals surface area contributed by atoms with Crippen LogP contribution in [0.3, 0.4) is 0 Å². The quantitative estimate of drug-likeness (QED) is 0.196. The number of epoxide rings is 1. The second kappa shape index (κ2) is 13.0. The van der Waals surface area contributed by atoms with Gasteiger partial charge in [-0.05, 0) is 44.9 Å². The van der Waals surface area contributed by atoms with Crippen LogP contribution < -0.4 is 0 Å². The van der Waals surface area contributed by atoms with Gasteiger partial charge >= 0.3 is 5.97 Å². The van der Waals surface area contributed by atoms with E-state index in [0.29, 0.717) is 25.4 Å². The molecule has 0 spiro atoms. The Morgan fingerprint density at radius 2 is 2.05 bits per heavy atom. The Morgan fingerprint density at radius 3 is 2.86 bits per heavy atom. The lowest BCUT2D eigenvalue weighted by atomic mass is 9.91. The highest BCUT2D eigenvalue weighted by molar-refractivity contribution is 5.88. The predicted molar refractivity (Wildman–Crippen MR) is 139 cm³/mol. The zero-order chi connectivity index (χ0) is 26.4. The molecule has 9 atom stereocenters. The Hall–Kier alpha value is -2.21. The summed E-state index contributed by atoms with van der Waals surface area (Å²) in [5, 5.41) is 21.6. The van der Waals surface area contributed by atoms with Gasteiger partial charge in [0, 0.05) is 18.8 Å². The van der Waals surface area contributed by atoms with Gasteiger partial charge in [-0.1, -0.05) is 60.9 Å². The third-order valence-electron chi connectivity index (χ3n) is 7.30. The smallest absolute Gasteiger partial charge is 0.384 e. The Balaban J connectivity index is 1.45. The molecule has 37 heavy (non-hydrogen) atoms. The van der Waals surface area contributed by atoms with E-state index in [9.17, 15) is 15.0 Å². The number of esters is 1. The van der Waals surface area contributed by atoms with Crippen LogP contribution in [0.5, 0.6) is 0 Å². The van der Waals surface area contributed by atoms with E-state index in [1.54, 1.807) is 12.2 Å². The van der Waals surface area contributed by atoms with Crippen LogP contribution in [0.15, 0.2) is 48.1 Å². The van der Waals surface area contributed by atoms with Crippen LogP contribution in [0.25, 0.3) is 0 Å². The van der Waals surface area contributed by atoms with Crippen molar-refractivity contribution in [1.82, 2.24) is 0 Å². The molecule has 7 nitrogen and oxygen atoms in total. The largest absolute Gasteiger partial charge is 0.450 e. The van der Waals surface area contributed by atoms with Gasteiger partial charge in [-0.25, -0.2) is 4.79 Å². The van der Waals surface area contributed by atoms with Crippen molar-refractivity contribution in [3.05, 3.63) is 48.1 Å². The van der Waals surface area contributed by atoms with Crippen molar-refractivity contribution in [2.45, 2.75) is 108 Å². The summed E-state index contributed by atoms with van der Waals surface area (Å²) in [6.07, 6.45) is 10.4. The maximum atomic E-state index is 12.6. The molecule has 0 aromatic carbocycles. The molecule has 4 rings (SSSR count). The maximum Gasteiger partial charge on any atom is 0.384 e. The third-order valence-corrected chi connectivity index (χ3v) is 7.30. The predicted octanol–water partition coefficient (Wildman–Crippen LogP) is 3.55. The molecule has 7 heteroatoms. The lowest BCUT2D eigenvalue weighted by molar-refractivity contribution is -0.146. The Morgan fingerprint density at radius 1 is 1.22 bits per heavy atom. The Labute approximate surface area is 220 Å². The molecular formula is C30H40O7.